The minimum absolute atomic E-state index is 0.0751. The van der Waals surface area contributed by atoms with Crippen LogP contribution in [0.1, 0.15) is 41.2 Å². The number of piperidine rings is 1. The number of halogens is 4. The third kappa shape index (κ3) is 4.75. The van der Waals surface area contributed by atoms with Crippen molar-refractivity contribution in [1.82, 2.24) is 9.38 Å². The molecule has 1 atom stereocenters. The molecule has 11 heteroatoms. The molecule has 174 valence electrons. The van der Waals surface area contributed by atoms with Crippen LogP contribution < -0.4 is 15.8 Å². The lowest BCUT2D eigenvalue weighted by Crippen LogP contribution is -2.33. The SMILES string of the molecule is O=C(O)c1cc(Cl)ccc1NC(c1cccn2c(=O)cc(N3CCCCC3)nc12)C(F)(F)F. The standard InChI is InChI=1S/C22H20ClF3N4O3/c23-13-6-7-16(15(11-13)21(32)33)27-19(22(24,25)26)14-5-4-10-30-18(31)12-17(28-20(14)30)29-8-2-1-3-9-29/h4-7,10-12,19,27H,1-3,8-9H2,(H,32,33). The molecular weight excluding hydrogens is 461 g/mol. The molecule has 0 spiro atoms. The number of carboxylic acids is 1. The number of carbonyl (C=O) groups is 1. The molecule has 1 fully saturated rings. The lowest BCUT2D eigenvalue weighted by molar-refractivity contribution is -0.143. The van der Waals surface area contributed by atoms with Gasteiger partial charge in [0.25, 0.3) is 5.56 Å². The van der Waals surface area contributed by atoms with Crippen molar-refractivity contribution in [3.05, 3.63) is 69.1 Å². The first-order valence-electron chi connectivity index (χ1n) is 10.3. The zero-order chi connectivity index (χ0) is 23.8. The number of aromatic nitrogens is 2. The van der Waals surface area contributed by atoms with E-state index in [2.05, 4.69) is 10.3 Å². The van der Waals surface area contributed by atoms with E-state index in [0.29, 0.717) is 18.9 Å². The summed E-state index contributed by atoms with van der Waals surface area (Å²) in [5, 5.41) is 11.8. The van der Waals surface area contributed by atoms with Gasteiger partial charge in [0.15, 0.2) is 6.04 Å². The minimum atomic E-state index is -4.82. The summed E-state index contributed by atoms with van der Waals surface area (Å²) < 4.78 is 43.7. The number of nitrogens with zero attached hydrogens (tertiary/aromatic N) is 3. The third-order valence-electron chi connectivity index (χ3n) is 5.54. The van der Waals surface area contributed by atoms with Gasteiger partial charge in [-0.25, -0.2) is 9.78 Å². The molecule has 2 N–H and O–H groups in total. The summed E-state index contributed by atoms with van der Waals surface area (Å²) >= 11 is 5.83. The summed E-state index contributed by atoms with van der Waals surface area (Å²) in [6.07, 6.45) is -0.613. The summed E-state index contributed by atoms with van der Waals surface area (Å²) in [7, 11) is 0. The molecule has 3 heterocycles. The Hall–Kier alpha value is -3.27. The van der Waals surface area contributed by atoms with Crippen molar-refractivity contribution in [1.29, 1.82) is 0 Å². The molecule has 2 aromatic heterocycles. The van der Waals surface area contributed by atoms with Gasteiger partial charge < -0.3 is 15.3 Å². The Morgan fingerprint density at radius 2 is 1.88 bits per heavy atom. The van der Waals surface area contributed by atoms with Crippen LogP contribution in [0.5, 0.6) is 0 Å². The van der Waals surface area contributed by atoms with E-state index < -0.39 is 29.3 Å². The highest BCUT2D eigenvalue weighted by Crippen LogP contribution is 2.38. The molecule has 4 rings (SSSR count). The quantitative estimate of drug-likeness (QED) is 0.548. The van der Waals surface area contributed by atoms with Crippen LogP contribution in [0.3, 0.4) is 0 Å². The zero-order valence-corrected chi connectivity index (χ0v) is 18.0. The van der Waals surface area contributed by atoms with E-state index in [-0.39, 0.29) is 21.9 Å². The lowest BCUT2D eigenvalue weighted by Gasteiger charge is -2.28. The molecule has 0 aliphatic carbocycles. The number of nitrogens with one attached hydrogen (secondary N) is 1. The molecule has 0 bridgehead atoms. The zero-order valence-electron chi connectivity index (χ0n) is 17.3. The molecule has 3 aromatic rings. The van der Waals surface area contributed by atoms with Gasteiger partial charge in [-0.15, -0.1) is 0 Å². The fourth-order valence-electron chi connectivity index (χ4n) is 3.96. The van der Waals surface area contributed by atoms with Crippen LogP contribution in [-0.2, 0) is 0 Å². The highest BCUT2D eigenvalue weighted by Gasteiger charge is 2.43. The maximum absolute atomic E-state index is 14.2. The van der Waals surface area contributed by atoms with E-state index in [4.69, 9.17) is 11.6 Å². The summed E-state index contributed by atoms with van der Waals surface area (Å²) in [6, 6.07) is 5.09. The van der Waals surface area contributed by atoms with E-state index in [1.165, 1.54) is 36.5 Å². The second-order valence-corrected chi connectivity index (χ2v) is 8.21. The monoisotopic (exact) mass is 480 g/mol. The number of hydrogen-bond acceptors (Lipinski definition) is 5. The Bertz CT molecular complexity index is 1260. The molecule has 7 nitrogen and oxygen atoms in total. The second-order valence-electron chi connectivity index (χ2n) is 7.77. The first-order valence-corrected chi connectivity index (χ1v) is 10.7. The Morgan fingerprint density at radius 3 is 2.55 bits per heavy atom. The van der Waals surface area contributed by atoms with Crippen LogP contribution in [0, 0.1) is 0 Å². The molecule has 1 saturated heterocycles. The van der Waals surface area contributed by atoms with Crippen molar-refractivity contribution in [3.63, 3.8) is 0 Å². The number of aromatic carboxylic acids is 1. The van der Waals surface area contributed by atoms with Gasteiger partial charge in [0.1, 0.15) is 11.5 Å². The van der Waals surface area contributed by atoms with Crippen LogP contribution >= 0.6 is 11.6 Å². The fraction of sp³-hybridized carbons (Fsp3) is 0.318. The maximum atomic E-state index is 14.2. The number of hydrogen-bond donors (Lipinski definition) is 2. The molecule has 1 aliphatic rings. The summed E-state index contributed by atoms with van der Waals surface area (Å²) in [6.45, 7) is 1.33. The molecule has 1 unspecified atom stereocenters. The van der Waals surface area contributed by atoms with E-state index in [9.17, 15) is 27.9 Å². The molecule has 1 aliphatic heterocycles. The van der Waals surface area contributed by atoms with Crippen LogP contribution in [0.2, 0.25) is 5.02 Å². The number of fused-ring (bicyclic) bond motifs is 1. The number of rotatable bonds is 5. The first-order chi connectivity index (χ1) is 15.6. The number of anilines is 2. The second kappa shape index (κ2) is 8.93. The average molecular weight is 481 g/mol. The van der Waals surface area contributed by atoms with Gasteiger partial charge in [-0.2, -0.15) is 13.2 Å². The van der Waals surface area contributed by atoms with Crippen molar-refractivity contribution in [2.75, 3.05) is 23.3 Å². The predicted molar refractivity (Wildman–Crippen MR) is 118 cm³/mol. The van der Waals surface area contributed by atoms with Gasteiger partial charge >= 0.3 is 12.1 Å². The van der Waals surface area contributed by atoms with Crippen molar-refractivity contribution < 1.29 is 23.1 Å². The summed E-state index contributed by atoms with van der Waals surface area (Å²) in [5.74, 6) is -1.11. The Morgan fingerprint density at radius 1 is 1.15 bits per heavy atom. The lowest BCUT2D eigenvalue weighted by atomic mass is 10.1. The number of pyridine rings is 1. The molecule has 0 amide bonds. The van der Waals surface area contributed by atoms with E-state index in [1.54, 1.807) is 0 Å². The van der Waals surface area contributed by atoms with E-state index >= 15 is 0 Å². The fourth-order valence-corrected chi connectivity index (χ4v) is 4.13. The molecule has 0 radical (unpaired) electrons. The smallest absolute Gasteiger partial charge is 0.412 e. The Balaban J connectivity index is 1.86. The highest BCUT2D eigenvalue weighted by molar-refractivity contribution is 6.31. The van der Waals surface area contributed by atoms with Gasteiger partial charge in [-0.3, -0.25) is 9.20 Å². The van der Waals surface area contributed by atoms with Crippen molar-refractivity contribution in [3.8, 4) is 0 Å². The maximum Gasteiger partial charge on any atom is 0.412 e. The minimum Gasteiger partial charge on any atom is -0.478 e. The van der Waals surface area contributed by atoms with Crippen molar-refractivity contribution >= 4 is 34.7 Å². The van der Waals surface area contributed by atoms with Gasteiger partial charge in [-0.1, -0.05) is 17.7 Å². The molecular formula is C22H20ClF3N4O3. The van der Waals surface area contributed by atoms with Crippen LogP contribution in [0.4, 0.5) is 24.7 Å². The Labute approximate surface area is 191 Å². The van der Waals surface area contributed by atoms with Gasteiger partial charge in [-0.05, 0) is 43.5 Å². The Kier molecular flexibility index (Phi) is 6.20. The molecule has 33 heavy (non-hydrogen) atoms. The number of benzene rings is 1. The molecule has 0 saturated carbocycles. The molecule has 1 aromatic carbocycles. The van der Waals surface area contributed by atoms with Crippen LogP contribution in [-0.4, -0.2) is 39.7 Å². The van der Waals surface area contributed by atoms with Crippen LogP contribution in [0.15, 0.2) is 47.4 Å². The summed E-state index contributed by atoms with van der Waals surface area (Å²) in [5.41, 5.74) is -1.61. The first kappa shape index (κ1) is 22.9. The van der Waals surface area contributed by atoms with Gasteiger partial charge in [0.2, 0.25) is 0 Å². The van der Waals surface area contributed by atoms with E-state index in [1.807, 2.05) is 4.90 Å². The topological polar surface area (TPSA) is 86.9 Å². The number of alkyl halides is 3. The van der Waals surface area contributed by atoms with Crippen molar-refractivity contribution in [2.24, 2.45) is 0 Å². The van der Waals surface area contributed by atoms with Gasteiger partial charge in [0, 0.05) is 41.6 Å². The normalized spacial score (nSPS) is 15.5. The number of carboxylic acid groups (broad SMARTS) is 1. The summed E-state index contributed by atoms with van der Waals surface area (Å²) in [4.78, 5) is 30.6. The van der Waals surface area contributed by atoms with E-state index in [0.717, 1.165) is 29.7 Å². The van der Waals surface area contributed by atoms with Gasteiger partial charge in [0.05, 0.1) is 5.56 Å². The van der Waals surface area contributed by atoms with Crippen LogP contribution in [0.25, 0.3) is 5.65 Å². The predicted octanol–water partition coefficient (Wildman–Crippen LogP) is 4.75. The highest BCUT2D eigenvalue weighted by atomic mass is 35.5. The largest absolute Gasteiger partial charge is 0.478 e. The third-order valence-corrected chi connectivity index (χ3v) is 5.77. The van der Waals surface area contributed by atoms with Crippen molar-refractivity contribution in [2.45, 2.75) is 31.5 Å². The average Bonchev–Trinajstić information content (AvgIpc) is 2.77.